The second kappa shape index (κ2) is 9.48. The van der Waals surface area contributed by atoms with Crippen LogP contribution in [0, 0.1) is 17.4 Å². The van der Waals surface area contributed by atoms with Gasteiger partial charge in [-0.15, -0.1) is 4.99 Å². The van der Waals surface area contributed by atoms with Crippen molar-refractivity contribution in [1.82, 2.24) is 19.9 Å². The minimum absolute atomic E-state index is 0.0593. The molecule has 1 aliphatic heterocycles. The van der Waals surface area contributed by atoms with E-state index < -0.39 is 5.91 Å². The fourth-order valence-corrected chi connectivity index (χ4v) is 4.01. The molecule has 4 rings (SSSR count). The van der Waals surface area contributed by atoms with Gasteiger partial charge in [0, 0.05) is 31.2 Å². The zero-order valence-corrected chi connectivity index (χ0v) is 18.5. The van der Waals surface area contributed by atoms with Crippen LogP contribution in [0.3, 0.4) is 0 Å². The molecule has 1 fully saturated rings. The minimum Gasteiger partial charge on any atom is -0.364 e. The summed E-state index contributed by atoms with van der Waals surface area (Å²) in [4.78, 5) is 32.5. The van der Waals surface area contributed by atoms with Crippen LogP contribution in [0.15, 0.2) is 53.9 Å². The number of aromatic nitrogens is 3. The number of benzene rings is 1. The van der Waals surface area contributed by atoms with E-state index in [1.807, 2.05) is 36.5 Å². The molecule has 1 aliphatic rings. The van der Waals surface area contributed by atoms with Gasteiger partial charge >= 0.3 is 0 Å². The molecule has 2 aromatic heterocycles. The Morgan fingerprint density at radius 2 is 2.06 bits per heavy atom. The Kier molecular flexibility index (Phi) is 6.31. The van der Waals surface area contributed by atoms with Gasteiger partial charge in [-0.05, 0) is 30.2 Å². The maximum Gasteiger partial charge on any atom is 0.268 e. The Hall–Kier alpha value is -4.26. The summed E-state index contributed by atoms with van der Waals surface area (Å²) >= 11 is 0. The van der Waals surface area contributed by atoms with Crippen molar-refractivity contribution in [2.24, 2.45) is 16.6 Å². The van der Waals surface area contributed by atoms with E-state index in [0.717, 1.165) is 16.6 Å². The largest absolute Gasteiger partial charge is 0.364 e. The lowest BCUT2D eigenvalue weighted by Crippen LogP contribution is -2.58. The molecule has 0 aliphatic carbocycles. The number of pyridine rings is 1. The van der Waals surface area contributed by atoms with Gasteiger partial charge in [0.05, 0.1) is 29.6 Å². The normalized spacial score (nSPS) is 16.7. The summed E-state index contributed by atoms with van der Waals surface area (Å²) < 4.78 is 0. The smallest absolute Gasteiger partial charge is 0.268 e. The Morgan fingerprint density at radius 1 is 1.21 bits per heavy atom. The molecule has 3 N–H and O–H groups in total. The van der Waals surface area contributed by atoms with E-state index in [1.165, 1.54) is 6.20 Å². The number of carbonyl (C=O) groups is 1. The molecule has 1 unspecified atom stereocenters. The van der Waals surface area contributed by atoms with E-state index in [1.54, 1.807) is 12.4 Å². The highest BCUT2D eigenvalue weighted by Crippen LogP contribution is 2.25. The molecular weight excluding hydrogens is 418 g/mol. The third-order valence-corrected chi connectivity index (χ3v) is 5.72. The number of primary amides is 1. The number of hydrogen-bond acceptors (Lipinski definition) is 7. The summed E-state index contributed by atoms with van der Waals surface area (Å²) in [6, 6.07) is 9.75. The zero-order chi connectivity index (χ0) is 23.4. The van der Waals surface area contributed by atoms with Crippen LogP contribution < -0.4 is 16.0 Å². The van der Waals surface area contributed by atoms with Crippen LogP contribution in [0.25, 0.3) is 10.9 Å². The Labute approximate surface area is 191 Å². The van der Waals surface area contributed by atoms with Gasteiger partial charge in [-0.3, -0.25) is 9.78 Å². The maximum absolute atomic E-state index is 11.3. The summed E-state index contributed by atoms with van der Waals surface area (Å²) in [7, 11) is 0. The van der Waals surface area contributed by atoms with Crippen molar-refractivity contribution in [1.29, 1.82) is 5.26 Å². The number of nitrogens with one attached hydrogen (secondary N) is 1. The molecule has 0 bridgehead atoms. The maximum atomic E-state index is 11.3. The third kappa shape index (κ3) is 4.67. The number of nitriles is 1. The van der Waals surface area contributed by atoms with Crippen molar-refractivity contribution < 1.29 is 4.79 Å². The first-order valence-electron chi connectivity index (χ1n) is 10.7. The highest BCUT2D eigenvalue weighted by atomic mass is 16.1. The molecule has 1 aromatic carbocycles. The number of hydrogen-bond donors (Lipinski definition) is 2. The van der Waals surface area contributed by atoms with Crippen LogP contribution in [-0.2, 0) is 0 Å². The molecule has 10 heteroatoms. The molecule has 0 saturated carbocycles. The summed E-state index contributed by atoms with van der Waals surface area (Å²) in [5, 5.41) is 13.7. The van der Waals surface area contributed by atoms with E-state index in [9.17, 15) is 10.1 Å². The fraction of sp³-hybridized carbons (Fsp3) is 0.304. The highest BCUT2D eigenvalue weighted by molar-refractivity contribution is 6.02. The van der Waals surface area contributed by atoms with Crippen molar-refractivity contribution >= 4 is 34.3 Å². The summed E-state index contributed by atoms with van der Waals surface area (Å²) in [6.07, 6.45) is 6.66. The molecule has 0 radical (unpaired) electrons. The van der Waals surface area contributed by atoms with E-state index in [0.29, 0.717) is 31.4 Å². The van der Waals surface area contributed by atoms with E-state index in [2.05, 4.69) is 48.9 Å². The minimum atomic E-state index is -0.606. The lowest BCUT2D eigenvalue weighted by atomic mass is 9.99. The molecule has 10 nitrogen and oxygen atoms in total. The lowest BCUT2D eigenvalue weighted by molar-refractivity contribution is 0.0995. The molecule has 33 heavy (non-hydrogen) atoms. The number of fused-ring (bicyclic) bond motifs is 1. The van der Waals surface area contributed by atoms with Gasteiger partial charge in [0.15, 0.2) is 0 Å². The van der Waals surface area contributed by atoms with Crippen LogP contribution in [0.2, 0.25) is 0 Å². The average Bonchev–Trinajstić information content (AvgIpc) is 2.83. The summed E-state index contributed by atoms with van der Waals surface area (Å²) in [5.41, 5.74) is 7.11. The first-order chi connectivity index (χ1) is 16.0. The lowest BCUT2D eigenvalue weighted by Gasteiger charge is -2.44. The number of nitrogens with two attached hydrogens (primary N) is 1. The Balaban J connectivity index is 1.59. The van der Waals surface area contributed by atoms with E-state index in [-0.39, 0.29) is 17.7 Å². The van der Waals surface area contributed by atoms with Gasteiger partial charge in [-0.2, -0.15) is 5.26 Å². The first-order valence-corrected chi connectivity index (χ1v) is 10.7. The number of piperazine rings is 1. The molecule has 3 aromatic rings. The van der Waals surface area contributed by atoms with Crippen molar-refractivity contribution in [2.75, 3.05) is 29.9 Å². The number of carbonyl (C=O) groups excluding carboxylic acids is 1. The molecule has 1 atom stereocenters. The van der Waals surface area contributed by atoms with Gasteiger partial charge in [-0.25, -0.2) is 9.97 Å². The number of guanidine groups is 1. The Morgan fingerprint density at radius 3 is 2.76 bits per heavy atom. The van der Waals surface area contributed by atoms with Crippen LogP contribution in [0.4, 0.5) is 11.5 Å². The molecule has 168 valence electrons. The van der Waals surface area contributed by atoms with Gasteiger partial charge in [0.1, 0.15) is 11.5 Å². The van der Waals surface area contributed by atoms with Gasteiger partial charge in [0.25, 0.3) is 5.91 Å². The third-order valence-electron chi connectivity index (χ3n) is 5.72. The number of anilines is 2. The van der Waals surface area contributed by atoms with Gasteiger partial charge in [-0.1, -0.05) is 19.9 Å². The average molecular weight is 444 g/mol. The van der Waals surface area contributed by atoms with Crippen molar-refractivity contribution in [3.63, 3.8) is 0 Å². The number of nitrogens with zero attached hydrogens (tertiary/aromatic N) is 7. The van der Waals surface area contributed by atoms with Crippen LogP contribution in [0.5, 0.6) is 0 Å². The molecule has 1 saturated heterocycles. The predicted octanol–water partition coefficient (Wildman–Crippen LogP) is 2.22. The van der Waals surface area contributed by atoms with Crippen molar-refractivity contribution in [3.8, 4) is 6.19 Å². The quantitative estimate of drug-likeness (QED) is 0.356. The zero-order valence-electron chi connectivity index (χ0n) is 18.5. The summed E-state index contributed by atoms with van der Waals surface area (Å²) in [5.74, 6) is 0.844. The second-order valence-corrected chi connectivity index (χ2v) is 8.11. The molecule has 0 spiro atoms. The number of rotatable bonds is 4. The molecular formula is C23H25N9O. The first kappa shape index (κ1) is 22.0. The Bertz CT molecular complexity index is 1210. The topological polar surface area (TPSA) is 136 Å². The summed E-state index contributed by atoms with van der Waals surface area (Å²) in [6.45, 7) is 6.20. The van der Waals surface area contributed by atoms with Gasteiger partial charge in [0.2, 0.25) is 12.2 Å². The molecule has 1 amide bonds. The number of aliphatic imine (C=N–C) groups is 1. The monoisotopic (exact) mass is 443 g/mol. The van der Waals surface area contributed by atoms with Crippen LogP contribution in [-0.4, -0.2) is 57.4 Å². The second-order valence-electron chi connectivity index (χ2n) is 8.11. The fourth-order valence-electron chi connectivity index (χ4n) is 4.01. The molecule has 3 heterocycles. The van der Waals surface area contributed by atoms with E-state index >= 15 is 0 Å². The standard InChI is InChI=1S/C23H25N9O/c1-15(2)20-13-31(21-12-27-19(11-28-21)22(25)33)9-10-32(20)23(29-14-24)30-18-7-3-6-17-16(18)5-4-8-26-17/h3-8,11-12,15,20H,9-10,13H2,1-2H3,(H2,25,33)(H,29,30). The van der Waals surface area contributed by atoms with Crippen molar-refractivity contribution in [3.05, 3.63) is 54.6 Å². The van der Waals surface area contributed by atoms with Crippen LogP contribution >= 0.6 is 0 Å². The SMILES string of the molecule is CC(C)C1CN(c2cnc(C(N)=O)cn2)CCN1/C(=N\C#N)Nc1cccc2ncccc12. The van der Waals surface area contributed by atoms with Gasteiger partial charge < -0.3 is 20.9 Å². The highest BCUT2D eigenvalue weighted by Gasteiger charge is 2.32. The van der Waals surface area contributed by atoms with E-state index in [4.69, 9.17) is 5.73 Å². The van der Waals surface area contributed by atoms with Crippen LogP contribution in [0.1, 0.15) is 24.3 Å². The predicted molar refractivity (Wildman–Crippen MR) is 127 cm³/mol. The van der Waals surface area contributed by atoms with Crippen molar-refractivity contribution in [2.45, 2.75) is 19.9 Å². The number of amides is 1.